The molecule has 0 spiro atoms. The molecule has 7 heteroatoms. The summed E-state index contributed by atoms with van der Waals surface area (Å²) in [5.74, 6) is 1.19. The van der Waals surface area contributed by atoms with Crippen LogP contribution in [0.15, 0.2) is 24.3 Å². The maximum absolute atomic E-state index is 10.5. The number of fused-ring (bicyclic) bond motifs is 1. The summed E-state index contributed by atoms with van der Waals surface area (Å²) < 4.78 is 29.5. The van der Waals surface area contributed by atoms with Crippen LogP contribution in [0.1, 0.15) is 12.2 Å². The molecule has 1 aromatic carbocycles. The standard InChI is InChI=1S/C10H12N2O3S2/c13-17(14,15)16-7-3-6-10-11-8-4-1-2-5-9(8)12-10/h1-2,4-5H,3,6-7H2,(H,11,12)(H,13,14,15). The molecule has 2 rings (SSSR count). The number of para-hydroxylation sites is 2. The van der Waals surface area contributed by atoms with Crippen molar-refractivity contribution < 1.29 is 13.0 Å². The molecular weight excluding hydrogens is 260 g/mol. The highest BCUT2D eigenvalue weighted by atomic mass is 33.1. The second-order valence-corrected chi connectivity index (χ2v) is 7.02. The topological polar surface area (TPSA) is 83.1 Å². The fourth-order valence-corrected chi connectivity index (χ4v) is 2.99. The Morgan fingerprint density at radius 3 is 2.82 bits per heavy atom. The average molecular weight is 272 g/mol. The Balaban J connectivity index is 1.91. The number of hydrogen-bond acceptors (Lipinski definition) is 4. The molecule has 2 N–H and O–H groups in total. The van der Waals surface area contributed by atoms with E-state index in [0.717, 1.165) is 16.9 Å². The van der Waals surface area contributed by atoms with Gasteiger partial charge < -0.3 is 4.98 Å². The second-order valence-electron chi connectivity index (χ2n) is 3.55. The molecule has 0 bridgehead atoms. The van der Waals surface area contributed by atoms with Crippen LogP contribution in [0, 0.1) is 0 Å². The van der Waals surface area contributed by atoms with Crippen molar-refractivity contribution in [3.63, 3.8) is 0 Å². The molecule has 5 nitrogen and oxygen atoms in total. The number of nitrogens with one attached hydrogen (secondary N) is 1. The van der Waals surface area contributed by atoms with E-state index in [4.69, 9.17) is 4.55 Å². The number of aryl methyl sites for hydroxylation is 1. The smallest absolute Gasteiger partial charge is 0.319 e. The number of aromatic nitrogens is 2. The van der Waals surface area contributed by atoms with Gasteiger partial charge in [-0.3, -0.25) is 4.55 Å². The minimum Gasteiger partial charge on any atom is -0.342 e. The minimum absolute atomic E-state index is 0.357. The molecule has 0 saturated heterocycles. The van der Waals surface area contributed by atoms with E-state index >= 15 is 0 Å². The minimum atomic E-state index is -3.92. The Bertz CT molecular complexity index is 574. The van der Waals surface area contributed by atoms with E-state index < -0.39 is 9.15 Å². The summed E-state index contributed by atoms with van der Waals surface area (Å²) in [4.78, 5) is 7.53. The van der Waals surface area contributed by atoms with Gasteiger partial charge in [0.05, 0.1) is 11.0 Å². The molecule has 0 radical (unpaired) electrons. The first-order chi connectivity index (χ1) is 8.04. The SMILES string of the molecule is O=S(=O)(O)SCCCc1nc2ccccc2[nH]1. The third-order valence-corrected chi connectivity index (χ3v) is 4.38. The van der Waals surface area contributed by atoms with E-state index in [1.54, 1.807) is 0 Å². The zero-order valence-corrected chi connectivity index (χ0v) is 10.6. The summed E-state index contributed by atoms with van der Waals surface area (Å²) in [6.45, 7) is 0. The van der Waals surface area contributed by atoms with E-state index in [-0.39, 0.29) is 0 Å². The summed E-state index contributed by atoms with van der Waals surface area (Å²) in [6, 6.07) is 7.71. The van der Waals surface area contributed by atoms with Gasteiger partial charge in [-0.05, 0) is 29.3 Å². The van der Waals surface area contributed by atoms with Crippen LogP contribution in [0.25, 0.3) is 11.0 Å². The van der Waals surface area contributed by atoms with Crippen molar-refractivity contribution in [2.24, 2.45) is 0 Å². The van der Waals surface area contributed by atoms with Crippen LogP contribution in [0.2, 0.25) is 0 Å². The van der Waals surface area contributed by atoms with Crippen LogP contribution >= 0.6 is 10.8 Å². The Hall–Kier alpha value is -1.05. The molecule has 0 amide bonds. The van der Waals surface area contributed by atoms with Gasteiger partial charge in [0.2, 0.25) is 0 Å². The second kappa shape index (κ2) is 5.07. The van der Waals surface area contributed by atoms with Crippen LogP contribution in [-0.2, 0) is 15.6 Å². The maximum atomic E-state index is 10.5. The number of hydrogen-bond donors (Lipinski definition) is 2. The van der Waals surface area contributed by atoms with Gasteiger partial charge in [0.25, 0.3) is 0 Å². The number of nitrogens with zero attached hydrogens (tertiary/aromatic N) is 1. The molecule has 0 aliphatic rings. The van der Waals surface area contributed by atoms with Crippen LogP contribution in [0.4, 0.5) is 0 Å². The Morgan fingerprint density at radius 2 is 2.12 bits per heavy atom. The first kappa shape index (κ1) is 12.4. The Morgan fingerprint density at radius 1 is 1.35 bits per heavy atom. The Labute approximate surface area is 103 Å². The summed E-state index contributed by atoms with van der Waals surface area (Å²) >= 11 is 0. The van der Waals surface area contributed by atoms with Crippen molar-refractivity contribution in [1.82, 2.24) is 9.97 Å². The molecule has 2 aromatic rings. The fourth-order valence-electron chi connectivity index (χ4n) is 1.53. The Kier molecular flexibility index (Phi) is 3.70. The quantitative estimate of drug-likeness (QED) is 0.494. The summed E-state index contributed by atoms with van der Waals surface area (Å²) in [5.41, 5.74) is 1.88. The first-order valence-corrected chi connectivity index (χ1v) is 8.04. The predicted molar refractivity (Wildman–Crippen MR) is 68.4 cm³/mol. The summed E-state index contributed by atoms with van der Waals surface area (Å²) in [7, 11) is -3.37. The molecule has 0 unspecified atom stereocenters. The number of imidazole rings is 1. The normalized spacial score (nSPS) is 12.1. The first-order valence-electron chi connectivity index (χ1n) is 5.10. The van der Waals surface area contributed by atoms with Gasteiger partial charge in [-0.25, -0.2) is 4.98 Å². The van der Waals surface area contributed by atoms with Crippen LogP contribution < -0.4 is 0 Å². The lowest BCUT2D eigenvalue weighted by Gasteiger charge is -1.96. The predicted octanol–water partition coefficient (Wildman–Crippen LogP) is 2.03. The number of benzene rings is 1. The van der Waals surface area contributed by atoms with Crippen molar-refractivity contribution in [1.29, 1.82) is 0 Å². The molecule has 17 heavy (non-hydrogen) atoms. The lowest BCUT2D eigenvalue weighted by Crippen LogP contribution is -1.95. The molecular formula is C10H12N2O3S2. The zero-order chi connectivity index (χ0) is 12.3. The molecule has 1 aromatic heterocycles. The summed E-state index contributed by atoms with van der Waals surface area (Å²) in [5, 5.41) is 0. The van der Waals surface area contributed by atoms with Gasteiger partial charge in [0.1, 0.15) is 5.82 Å². The molecule has 0 fully saturated rings. The van der Waals surface area contributed by atoms with E-state index in [9.17, 15) is 8.42 Å². The van der Waals surface area contributed by atoms with E-state index in [1.807, 2.05) is 24.3 Å². The lowest BCUT2D eigenvalue weighted by molar-refractivity contribution is 0.503. The van der Waals surface area contributed by atoms with Crippen molar-refractivity contribution in [3.8, 4) is 0 Å². The molecule has 0 aliphatic carbocycles. The molecule has 1 heterocycles. The highest BCUT2D eigenvalue weighted by molar-refractivity contribution is 8.69. The molecule has 0 atom stereocenters. The van der Waals surface area contributed by atoms with Gasteiger partial charge in [-0.2, -0.15) is 8.42 Å². The molecule has 92 valence electrons. The monoisotopic (exact) mass is 272 g/mol. The summed E-state index contributed by atoms with van der Waals surface area (Å²) in [6.07, 6.45) is 1.31. The van der Waals surface area contributed by atoms with Crippen molar-refractivity contribution in [2.45, 2.75) is 12.8 Å². The van der Waals surface area contributed by atoms with Gasteiger partial charge in [0.15, 0.2) is 0 Å². The van der Waals surface area contributed by atoms with Gasteiger partial charge >= 0.3 is 9.15 Å². The maximum Gasteiger partial charge on any atom is 0.319 e. The van der Waals surface area contributed by atoms with E-state index in [2.05, 4.69) is 9.97 Å². The largest absolute Gasteiger partial charge is 0.342 e. The lowest BCUT2D eigenvalue weighted by atomic mass is 10.3. The van der Waals surface area contributed by atoms with E-state index in [0.29, 0.717) is 29.4 Å². The number of rotatable bonds is 5. The molecule has 0 saturated carbocycles. The van der Waals surface area contributed by atoms with Crippen molar-refractivity contribution in [3.05, 3.63) is 30.1 Å². The van der Waals surface area contributed by atoms with Crippen molar-refractivity contribution in [2.75, 3.05) is 5.75 Å². The fraction of sp³-hybridized carbons (Fsp3) is 0.300. The van der Waals surface area contributed by atoms with E-state index in [1.165, 1.54) is 0 Å². The number of aromatic amines is 1. The highest BCUT2D eigenvalue weighted by Crippen LogP contribution is 2.14. The zero-order valence-electron chi connectivity index (χ0n) is 8.96. The van der Waals surface area contributed by atoms with Crippen LogP contribution in [0.3, 0.4) is 0 Å². The highest BCUT2D eigenvalue weighted by Gasteiger charge is 2.06. The van der Waals surface area contributed by atoms with Crippen LogP contribution in [0.5, 0.6) is 0 Å². The number of H-pyrrole nitrogens is 1. The van der Waals surface area contributed by atoms with Gasteiger partial charge in [0, 0.05) is 12.2 Å². The van der Waals surface area contributed by atoms with Gasteiger partial charge in [-0.1, -0.05) is 12.1 Å². The average Bonchev–Trinajstić information content (AvgIpc) is 2.65. The van der Waals surface area contributed by atoms with Gasteiger partial charge in [-0.15, -0.1) is 0 Å². The van der Waals surface area contributed by atoms with Crippen LogP contribution in [-0.4, -0.2) is 28.7 Å². The third-order valence-electron chi connectivity index (χ3n) is 2.23. The molecule has 0 aliphatic heterocycles. The third kappa shape index (κ3) is 3.72. The van der Waals surface area contributed by atoms with Crippen molar-refractivity contribution >= 4 is 31.0 Å².